The first-order valence-corrected chi connectivity index (χ1v) is 13.3. The minimum atomic E-state index is -3.28. The summed E-state index contributed by atoms with van der Waals surface area (Å²) in [6.45, 7) is 1.79. The quantitative estimate of drug-likeness (QED) is 0.689. The van der Waals surface area contributed by atoms with Crippen LogP contribution < -0.4 is 15.5 Å². The second kappa shape index (κ2) is 8.43. The van der Waals surface area contributed by atoms with E-state index in [1.165, 1.54) is 0 Å². The second-order valence-corrected chi connectivity index (χ2v) is 11.7. The summed E-state index contributed by atoms with van der Waals surface area (Å²) in [5.74, 6) is 0.377. The van der Waals surface area contributed by atoms with Crippen LogP contribution in [0.15, 0.2) is 18.2 Å². The normalized spacial score (nSPS) is 28.7. The average Bonchev–Trinajstić information content (AvgIpc) is 3.21. The zero-order chi connectivity index (χ0) is 22.5. The lowest BCUT2D eigenvalue weighted by Gasteiger charge is -2.39. The number of carbonyl (C=O) groups is 2. The van der Waals surface area contributed by atoms with E-state index in [0.29, 0.717) is 24.8 Å². The maximum atomic E-state index is 13.2. The van der Waals surface area contributed by atoms with Gasteiger partial charge in [0.25, 0.3) is 5.91 Å². The van der Waals surface area contributed by atoms with Crippen molar-refractivity contribution in [2.45, 2.75) is 63.1 Å². The van der Waals surface area contributed by atoms with E-state index in [4.69, 9.17) is 0 Å². The molecular weight excluding hydrogens is 428 g/mol. The predicted molar refractivity (Wildman–Crippen MR) is 122 cm³/mol. The first-order chi connectivity index (χ1) is 15.3. The minimum Gasteiger partial charge on any atom is -0.349 e. The molecule has 9 heteroatoms. The number of rotatable bonds is 5. The van der Waals surface area contributed by atoms with Crippen LogP contribution in [0.5, 0.6) is 0 Å². The molecule has 0 aliphatic carbocycles. The highest BCUT2D eigenvalue weighted by Crippen LogP contribution is 2.39. The molecule has 4 heterocycles. The highest BCUT2D eigenvalue weighted by Gasteiger charge is 2.47. The molecule has 2 N–H and O–H groups in total. The lowest BCUT2D eigenvalue weighted by molar-refractivity contribution is -0.117. The van der Waals surface area contributed by atoms with Crippen LogP contribution in [-0.4, -0.2) is 68.6 Å². The molecular formula is C23H32N4O4S. The number of piperidine rings is 2. The van der Waals surface area contributed by atoms with E-state index in [1.807, 2.05) is 6.07 Å². The monoisotopic (exact) mass is 460 g/mol. The Kier molecular flexibility index (Phi) is 5.75. The molecule has 0 radical (unpaired) electrons. The van der Waals surface area contributed by atoms with Crippen molar-refractivity contribution in [3.05, 3.63) is 29.3 Å². The Morgan fingerprint density at radius 3 is 2.50 bits per heavy atom. The van der Waals surface area contributed by atoms with Gasteiger partial charge >= 0.3 is 0 Å². The predicted octanol–water partition coefficient (Wildman–Crippen LogP) is 1.26. The van der Waals surface area contributed by atoms with Crippen molar-refractivity contribution in [3.63, 3.8) is 0 Å². The van der Waals surface area contributed by atoms with Crippen LogP contribution in [0.3, 0.4) is 0 Å². The summed E-state index contributed by atoms with van der Waals surface area (Å²) < 4.78 is 28.2. The van der Waals surface area contributed by atoms with Gasteiger partial charge in [0.1, 0.15) is 0 Å². The molecule has 1 aromatic carbocycles. The zero-order valence-corrected chi connectivity index (χ0v) is 19.4. The molecule has 32 heavy (non-hydrogen) atoms. The fourth-order valence-electron chi connectivity index (χ4n) is 6.02. The summed E-state index contributed by atoms with van der Waals surface area (Å²) >= 11 is 0. The summed E-state index contributed by atoms with van der Waals surface area (Å²) in [5, 5.41) is 6.43. The lowest BCUT2D eigenvalue weighted by atomic mass is 9.99. The number of carbonyl (C=O) groups excluding carboxylic acids is 2. The smallest absolute Gasteiger partial charge is 0.251 e. The molecule has 0 spiro atoms. The summed E-state index contributed by atoms with van der Waals surface area (Å²) in [5.41, 5.74) is 2.29. The van der Waals surface area contributed by atoms with Crippen LogP contribution >= 0.6 is 0 Å². The Labute approximate surface area is 189 Å². The number of likely N-dealkylation sites (N-methyl/N-ethyl adjacent to an activating group) is 1. The van der Waals surface area contributed by atoms with Gasteiger partial charge in [-0.2, -0.15) is 4.31 Å². The SMILES string of the molecule is CN1C(=O)Cc2cc(C(=O)N[C@@H]3C[C@H]4CC[C@@H](C3)N4S(=O)(=O)CC3CCNCC3)ccc21. The Bertz CT molecular complexity index is 1010. The molecule has 8 nitrogen and oxygen atoms in total. The Morgan fingerprint density at radius 2 is 1.81 bits per heavy atom. The molecule has 2 bridgehead atoms. The van der Waals surface area contributed by atoms with Crippen molar-refractivity contribution in [2.75, 3.05) is 30.8 Å². The van der Waals surface area contributed by atoms with E-state index < -0.39 is 10.0 Å². The highest BCUT2D eigenvalue weighted by molar-refractivity contribution is 7.89. The molecule has 3 fully saturated rings. The van der Waals surface area contributed by atoms with Crippen LogP contribution in [0.4, 0.5) is 5.69 Å². The topological polar surface area (TPSA) is 98.8 Å². The van der Waals surface area contributed by atoms with Gasteiger partial charge in [-0.05, 0) is 81.3 Å². The van der Waals surface area contributed by atoms with Gasteiger partial charge in [-0.15, -0.1) is 0 Å². The molecule has 0 unspecified atom stereocenters. The third-order valence-electron chi connectivity index (χ3n) is 7.65. The molecule has 4 aliphatic rings. The van der Waals surface area contributed by atoms with Gasteiger partial charge in [0.15, 0.2) is 0 Å². The van der Waals surface area contributed by atoms with E-state index in [2.05, 4.69) is 10.6 Å². The van der Waals surface area contributed by atoms with Crippen molar-refractivity contribution in [3.8, 4) is 0 Å². The van der Waals surface area contributed by atoms with Crippen molar-refractivity contribution in [1.29, 1.82) is 0 Å². The van der Waals surface area contributed by atoms with Crippen LogP contribution in [0.2, 0.25) is 0 Å². The van der Waals surface area contributed by atoms with Gasteiger partial charge in [-0.3, -0.25) is 9.59 Å². The van der Waals surface area contributed by atoms with Gasteiger partial charge in [0, 0.05) is 36.4 Å². The van der Waals surface area contributed by atoms with Gasteiger partial charge in [-0.25, -0.2) is 8.42 Å². The van der Waals surface area contributed by atoms with Crippen molar-refractivity contribution >= 4 is 27.5 Å². The number of anilines is 1. The van der Waals surface area contributed by atoms with E-state index in [1.54, 1.807) is 28.4 Å². The molecule has 2 amide bonds. The molecule has 4 aliphatic heterocycles. The number of nitrogens with one attached hydrogen (secondary N) is 2. The summed E-state index contributed by atoms with van der Waals surface area (Å²) in [7, 11) is -1.54. The molecule has 3 saturated heterocycles. The molecule has 0 saturated carbocycles. The second-order valence-electron chi connectivity index (χ2n) is 9.80. The summed E-state index contributed by atoms with van der Waals surface area (Å²) in [6.07, 6.45) is 5.24. The largest absolute Gasteiger partial charge is 0.349 e. The van der Waals surface area contributed by atoms with Gasteiger partial charge in [0.05, 0.1) is 12.2 Å². The van der Waals surface area contributed by atoms with Crippen molar-refractivity contribution in [2.24, 2.45) is 5.92 Å². The fraction of sp³-hybridized carbons (Fsp3) is 0.652. The zero-order valence-electron chi connectivity index (χ0n) is 18.5. The van der Waals surface area contributed by atoms with E-state index in [-0.39, 0.29) is 41.6 Å². The number of hydrogen-bond donors (Lipinski definition) is 2. The molecule has 1 aromatic rings. The summed E-state index contributed by atoms with van der Waals surface area (Å²) in [6, 6.07) is 5.34. The lowest BCUT2D eigenvalue weighted by Crippen LogP contribution is -2.53. The molecule has 5 rings (SSSR count). The van der Waals surface area contributed by atoms with Crippen LogP contribution in [0.25, 0.3) is 0 Å². The van der Waals surface area contributed by atoms with Gasteiger partial charge in [-0.1, -0.05) is 0 Å². The summed E-state index contributed by atoms with van der Waals surface area (Å²) in [4.78, 5) is 26.4. The third kappa shape index (κ3) is 4.06. The first-order valence-electron chi connectivity index (χ1n) is 11.7. The standard InChI is InChI=1S/C23H32N4O4S/c1-26-21-5-2-16(10-17(21)11-22(26)28)23(29)25-18-12-19-3-4-20(13-18)27(19)32(30,31)14-15-6-8-24-9-7-15/h2,5,10,15,18-20,24H,3-4,6-9,11-14H2,1H3,(H,25,29)/t18-,19-,20+. The number of sulfonamides is 1. The molecule has 3 atom stereocenters. The minimum absolute atomic E-state index is 0.0166. The van der Waals surface area contributed by atoms with E-state index >= 15 is 0 Å². The maximum absolute atomic E-state index is 13.2. The number of benzene rings is 1. The maximum Gasteiger partial charge on any atom is 0.251 e. The van der Waals surface area contributed by atoms with Crippen molar-refractivity contribution < 1.29 is 18.0 Å². The van der Waals surface area contributed by atoms with Crippen LogP contribution in [0, 0.1) is 5.92 Å². The highest BCUT2D eigenvalue weighted by atomic mass is 32.2. The van der Waals surface area contributed by atoms with Crippen LogP contribution in [-0.2, 0) is 21.2 Å². The van der Waals surface area contributed by atoms with E-state index in [9.17, 15) is 18.0 Å². The number of nitrogens with zero attached hydrogens (tertiary/aromatic N) is 2. The van der Waals surface area contributed by atoms with Crippen molar-refractivity contribution in [1.82, 2.24) is 14.9 Å². The molecule has 0 aromatic heterocycles. The van der Waals surface area contributed by atoms with Crippen LogP contribution in [0.1, 0.15) is 54.4 Å². The third-order valence-corrected chi connectivity index (χ3v) is 9.78. The van der Waals surface area contributed by atoms with Gasteiger partial charge in [0.2, 0.25) is 15.9 Å². The van der Waals surface area contributed by atoms with E-state index in [0.717, 1.165) is 50.0 Å². The number of hydrogen-bond acceptors (Lipinski definition) is 5. The fourth-order valence-corrected chi connectivity index (χ4v) is 8.41. The first kappa shape index (κ1) is 21.9. The molecule has 174 valence electrons. The average molecular weight is 461 g/mol. The van der Waals surface area contributed by atoms with Gasteiger partial charge < -0.3 is 15.5 Å². The Balaban J connectivity index is 1.23. The Hall–Kier alpha value is -1.97. The Morgan fingerprint density at radius 1 is 1.12 bits per heavy atom. The number of fused-ring (bicyclic) bond motifs is 3. The number of amides is 2.